The van der Waals surface area contributed by atoms with Crippen molar-refractivity contribution in [2.75, 3.05) is 47.5 Å². The van der Waals surface area contributed by atoms with Crippen molar-refractivity contribution in [2.45, 2.75) is 399 Å². The standard InChI is InChI=1S/C90H159NO8/c1-6-8-10-12-14-16-18-20-22-24-26-28-30-32-34-36-38-40-42-43-44-45-47-48-50-52-54-56-58-60-62-64-66-68-70-72-74-76-78-80-87(92)97-84-86(85-98-90(89(94)95)96-83-82-91(3,4)5)99-88(93)81-79-77-75-73-71-69-67-65-63-61-59-57-55-53-51-49-46-41-39-37-35-33-31-29-27-25-23-21-19-17-15-13-11-9-7-2/h8-11,14-17,20-23,26-29,33,35,86,90H,6-7,12-13,18-19,24-25,30-32,34,36-85H2,1-5H3/p+1/b10-8-,11-9-,16-14-,17-15-,22-20-,23-21-,28-26-,29-27-,35-33-. The number of carbonyl (C=O) groups excluding carboxylic acids is 2. The minimum Gasteiger partial charge on any atom is -0.477 e. The van der Waals surface area contributed by atoms with Crippen LogP contribution in [0, 0.1) is 0 Å². The molecule has 572 valence electrons. The van der Waals surface area contributed by atoms with E-state index in [9.17, 15) is 19.5 Å². The minimum absolute atomic E-state index is 0.179. The predicted molar refractivity (Wildman–Crippen MR) is 428 cm³/mol. The maximum absolute atomic E-state index is 13.0. The Morgan fingerprint density at radius 3 is 0.808 bits per heavy atom. The van der Waals surface area contributed by atoms with E-state index < -0.39 is 18.4 Å². The van der Waals surface area contributed by atoms with Crippen molar-refractivity contribution in [3.05, 3.63) is 109 Å². The van der Waals surface area contributed by atoms with E-state index in [4.69, 9.17) is 18.9 Å². The van der Waals surface area contributed by atoms with Gasteiger partial charge in [0.2, 0.25) is 0 Å². The number of carboxylic acid groups (broad SMARTS) is 1. The van der Waals surface area contributed by atoms with Crippen LogP contribution in [0.3, 0.4) is 0 Å². The van der Waals surface area contributed by atoms with E-state index in [0.29, 0.717) is 17.4 Å². The van der Waals surface area contributed by atoms with Crippen molar-refractivity contribution < 1.29 is 42.9 Å². The molecule has 9 heteroatoms. The summed E-state index contributed by atoms with van der Waals surface area (Å²) in [6, 6.07) is 0. The van der Waals surface area contributed by atoms with Crippen molar-refractivity contribution >= 4 is 17.9 Å². The molecule has 2 atom stereocenters. The van der Waals surface area contributed by atoms with Gasteiger partial charge in [-0.2, -0.15) is 0 Å². The topological polar surface area (TPSA) is 108 Å². The van der Waals surface area contributed by atoms with Gasteiger partial charge in [0.25, 0.3) is 6.29 Å². The molecule has 0 fully saturated rings. The van der Waals surface area contributed by atoms with Crippen molar-refractivity contribution in [1.29, 1.82) is 0 Å². The number of allylic oxidation sites excluding steroid dienone is 18. The largest absolute Gasteiger partial charge is 0.477 e. The van der Waals surface area contributed by atoms with Crippen molar-refractivity contribution in [3.63, 3.8) is 0 Å². The molecule has 0 aromatic carbocycles. The highest BCUT2D eigenvalue weighted by Crippen LogP contribution is 2.20. The van der Waals surface area contributed by atoms with Gasteiger partial charge in [0.05, 0.1) is 34.4 Å². The number of carbonyl (C=O) groups is 3. The van der Waals surface area contributed by atoms with Crippen LogP contribution in [0.2, 0.25) is 0 Å². The number of likely N-dealkylation sites (N-methyl/N-ethyl adjacent to an activating group) is 1. The van der Waals surface area contributed by atoms with E-state index >= 15 is 0 Å². The number of ether oxygens (including phenoxy) is 4. The van der Waals surface area contributed by atoms with Crippen molar-refractivity contribution in [3.8, 4) is 0 Å². The summed E-state index contributed by atoms with van der Waals surface area (Å²) in [6.45, 7) is 4.71. The first-order chi connectivity index (χ1) is 48.6. The van der Waals surface area contributed by atoms with Gasteiger partial charge in [-0.1, -0.05) is 386 Å². The third-order valence-electron chi connectivity index (χ3n) is 18.5. The molecule has 1 N–H and O–H groups in total. The Hall–Kier alpha value is -4.05. The highest BCUT2D eigenvalue weighted by Gasteiger charge is 2.25. The van der Waals surface area contributed by atoms with Crippen LogP contribution in [-0.2, 0) is 33.3 Å². The lowest BCUT2D eigenvalue weighted by Crippen LogP contribution is -2.40. The lowest BCUT2D eigenvalue weighted by molar-refractivity contribution is -0.870. The third kappa shape index (κ3) is 81.1. The fraction of sp³-hybridized carbons (Fsp3) is 0.767. The Morgan fingerprint density at radius 1 is 0.303 bits per heavy atom. The quantitative estimate of drug-likeness (QED) is 0.0211. The minimum atomic E-state index is -1.51. The molecule has 0 aromatic rings. The maximum Gasteiger partial charge on any atom is 0.361 e. The van der Waals surface area contributed by atoms with Gasteiger partial charge in [0.1, 0.15) is 13.2 Å². The molecule has 0 heterocycles. The van der Waals surface area contributed by atoms with Crippen LogP contribution in [0.4, 0.5) is 0 Å². The zero-order valence-electron chi connectivity index (χ0n) is 65.6. The van der Waals surface area contributed by atoms with Crippen LogP contribution in [-0.4, -0.2) is 87.4 Å². The van der Waals surface area contributed by atoms with Crippen LogP contribution >= 0.6 is 0 Å². The summed E-state index contributed by atoms with van der Waals surface area (Å²) >= 11 is 0. The van der Waals surface area contributed by atoms with E-state index in [1.807, 2.05) is 21.1 Å². The summed E-state index contributed by atoms with van der Waals surface area (Å²) in [6.07, 6.45) is 110. The first-order valence-corrected chi connectivity index (χ1v) is 42.1. The molecule has 0 saturated heterocycles. The number of nitrogens with zero attached hydrogens (tertiary/aromatic N) is 1. The van der Waals surface area contributed by atoms with Crippen LogP contribution < -0.4 is 0 Å². The molecule has 0 radical (unpaired) electrons. The molecule has 0 aliphatic rings. The summed E-state index contributed by atoms with van der Waals surface area (Å²) < 4.78 is 23.1. The second-order valence-electron chi connectivity index (χ2n) is 29.4. The van der Waals surface area contributed by atoms with Gasteiger partial charge in [0.15, 0.2) is 6.10 Å². The third-order valence-corrected chi connectivity index (χ3v) is 18.5. The molecule has 0 aromatic heterocycles. The second-order valence-corrected chi connectivity index (χ2v) is 29.4. The Kier molecular flexibility index (Phi) is 76.4. The number of quaternary nitrogens is 1. The zero-order valence-corrected chi connectivity index (χ0v) is 65.6. The van der Waals surface area contributed by atoms with Crippen molar-refractivity contribution in [1.82, 2.24) is 0 Å². The van der Waals surface area contributed by atoms with Crippen LogP contribution in [0.15, 0.2) is 109 Å². The Labute approximate surface area is 613 Å². The van der Waals surface area contributed by atoms with E-state index in [2.05, 4.69) is 123 Å². The van der Waals surface area contributed by atoms with Gasteiger partial charge in [-0.25, -0.2) is 4.79 Å². The maximum atomic E-state index is 13.0. The average Bonchev–Trinajstić information content (AvgIpc) is 1.16. The highest BCUT2D eigenvalue weighted by atomic mass is 16.7. The number of aliphatic carboxylic acids is 1. The summed E-state index contributed by atoms with van der Waals surface area (Å²) in [4.78, 5) is 37.8. The molecule has 0 amide bonds. The molecule has 2 unspecified atom stereocenters. The molecule has 9 nitrogen and oxygen atoms in total. The van der Waals surface area contributed by atoms with Gasteiger partial charge < -0.3 is 28.5 Å². The molecule has 0 bridgehead atoms. The molecule has 0 saturated carbocycles. The number of hydrogen-bond donors (Lipinski definition) is 1. The molecule has 0 aliphatic carbocycles. The van der Waals surface area contributed by atoms with E-state index in [1.54, 1.807) is 0 Å². The zero-order chi connectivity index (χ0) is 71.8. The average molecular weight is 1380 g/mol. The molecule has 99 heavy (non-hydrogen) atoms. The predicted octanol–water partition coefficient (Wildman–Crippen LogP) is 27.3. The van der Waals surface area contributed by atoms with E-state index in [-0.39, 0.29) is 38.2 Å². The number of esters is 2. The molecule has 0 aliphatic heterocycles. The smallest absolute Gasteiger partial charge is 0.361 e. The van der Waals surface area contributed by atoms with Crippen LogP contribution in [0.1, 0.15) is 386 Å². The SMILES string of the molecule is CC/C=C\C/C=C\C/C=C\C/C=C\C/C=C\CCCCCCCCCCCCCCCCCCCCCC(=O)OC(COC(=O)CCCCCCCCCCCCCCCCCCCCCCCCCCCC/C=C\C/C=C\C/C=C\C/C=C\CC)COC(OCC[N+](C)(C)C)C(=O)O. The van der Waals surface area contributed by atoms with Gasteiger partial charge >= 0.3 is 17.9 Å². The van der Waals surface area contributed by atoms with Crippen molar-refractivity contribution in [2.24, 2.45) is 0 Å². The van der Waals surface area contributed by atoms with Gasteiger partial charge in [-0.05, 0) is 96.3 Å². The first kappa shape index (κ1) is 94.9. The van der Waals surface area contributed by atoms with E-state index in [0.717, 1.165) is 96.3 Å². The van der Waals surface area contributed by atoms with Crippen LogP contribution in [0.5, 0.6) is 0 Å². The monoisotopic (exact) mass is 1380 g/mol. The van der Waals surface area contributed by atoms with Gasteiger partial charge in [-0.3, -0.25) is 9.59 Å². The lowest BCUT2D eigenvalue weighted by Gasteiger charge is -2.25. The second kappa shape index (κ2) is 79.6. The van der Waals surface area contributed by atoms with Gasteiger partial charge in [-0.15, -0.1) is 0 Å². The highest BCUT2D eigenvalue weighted by molar-refractivity contribution is 5.71. The van der Waals surface area contributed by atoms with Crippen LogP contribution in [0.25, 0.3) is 0 Å². The number of unbranched alkanes of at least 4 members (excludes halogenated alkanes) is 45. The molecular weight excluding hydrogens is 1220 g/mol. The normalized spacial score (nSPS) is 13.2. The summed E-state index contributed by atoms with van der Waals surface area (Å²) in [5.74, 6) is -1.98. The Bertz CT molecular complexity index is 2000. The molecular formula is C90H160NO8+. The Morgan fingerprint density at radius 2 is 0.545 bits per heavy atom. The Balaban J connectivity index is 3.95. The van der Waals surface area contributed by atoms with E-state index in [1.165, 1.54) is 263 Å². The number of rotatable bonds is 78. The van der Waals surface area contributed by atoms with Gasteiger partial charge in [0, 0.05) is 12.8 Å². The lowest BCUT2D eigenvalue weighted by atomic mass is 10.0. The summed E-state index contributed by atoms with van der Waals surface area (Å²) in [7, 11) is 6.00. The fourth-order valence-corrected chi connectivity index (χ4v) is 12.2. The summed E-state index contributed by atoms with van der Waals surface area (Å²) in [5.41, 5.74) is 0. The fourth-order valence-electron chi connectivity index (χ4n) is 12.2. The summed E-state index contributed by atoms with van der Waals surface area (Å²) in [5, 5.41) is 9.79. The molecule has 0 rings (SSSR count). The number of hydrogen-bond acceptors (Lipinski definition) is 7. The first-order valence-electron chi connectivity index (χ1n) is 42.1. The molecule has 0 spiro atoms. The number of carboxylic acids is 1.